The highest BCUT2D eigenvalue weighted by Crippen LogP contribution is 2.13. The van der Waals surface area contributed by atoms with Crippen LogP contribution in [0.15, 0.2) is 24.4 Å². The molecule has 0 atom stereocenters. The van der Waals surface area contributed by atoms with Gasteiger partial charge in [0.2, 0.25) is 0 Å². The minimum absolute atomic E-state index is 0.938. The summed E-state index contributed by atoms with van der Waals surface area (Å²) in [5.74, 6) is 0. The first-order valence-electron chi connectivity index (χ1n) is 4.23. The van der Waals surface area contributed by atoms with Gasteiger partial charge in [-0.3, -0.25) is 4.68 Å². The van der Waals surface area contributed by atoms with E-state index in [9.17, 15) is 0 Å². The van der Waals surface area contributed by atoms with E-state index in [-0.39, 0.29) is 0 Å². The van der Waals surface area contributed by atoms with Crippen LogP contribution >= 0.6 is 0 Å². The maximum atomic E-state index is 4.39. The molecule has 2 nitrogen and oxygen atoms in total. The van der Waals surface area contributed by atoms with E-state index in [1.807, 2.05) is 4.68 Å². The molecule has 1 aromatic heterocycles. The second-order valence-electron chi connectivity index (χ2n) is 3.05. The molecular weight excluding hydrogens is 148 g/mol. The van der Waals surface area contributed by atoms with Crippen molar-refractivity contribution in [3.63, 3.8) is 0 Å². The third-order valence-electron chi connectivity index (χ3n) is 2.03. The number of hydrogen-bond acceptors (Lipinski definition) is 1. The minimum Gasteiger partial charge on any atom is -0.272 e. The van der Waals surface area contributed by atoms with Gasteiger partial charge >= 0.3 is 0 Å². The third-order valence-corrected chi connectivity index (χ3v) is 2.03. The Morgan fingerprint density at radius 2 is 2.25 bits per heavy atom. The van der Waals surface area contributed by atoms with Gasteiger partial charge in [0.05, 0.1) is 5.52 Å². The maximum Gasteiger partial charge on any atom is 0.0923 e. The van der Waals surface area contributed by atoms with E-state index in [1.165, 1.54) is 10.9 Å². The molecule has 0 unspecified atom stereocenters. The predicted octanol–water partition coefficient (Wildman–Crippen LogP) is 2.36. The molecule has 0 bridgehead atoms. The van der Waals surface area contributed by atoms with Crippen LogP contribution in [-0.4, -0.2) is 9.78 Å². The summed E-state index contributed by atoms with van der Waals surface area (Å²) in [4.78, 5) is 0. The van der Waals surface area contributed by atoms with Crippen molar-refractivity contribution in [2.24, 2.45) is 0 Å². The Hall–Kier alpha value is -1.31. The monoisotopic (exact) mass is 160 g/mol. The molecule has 62 valence electrons. The van der Waals surface area contributed by atoms with Crippen LogP contribution in [0.25, 0.3) is 10.9 Å². The van der Waals surface area contributed by atoms with Crippen molar-refractivity contribution in [1.82, 2.24) is 9.78 Å². The van der Waals surface area contributed by atoms with Crippen LogP contribution in [0.4, 0.5) is 0 Å². The lowest BCUT2D eigenvalue weighted by Crippen LogP contribution is -1.92. The Morgan fingerprint density at radius 1 is 1.42 bits per heavy atom. The maximum absolute atomic E-state index is 4.39. The molecule has 1 heterocycles. The van der Waals surface area contributed by atoms with Gasteiger partial charge in [-0.2, -0.15) is 5.10 Å². The Kier molecular flexibility index (Phi) is 1.61. The van der Waals surface area contributed by atoms with Crippen LogP contribution in [0.5, 0.6) is 0 Å². The summed E-state index contributed by atoms with van der Waals surface area (Å²) in [6.07, 6.45) is 2.09. The van der Waals surface area contributed by atoms with Gasteiger partial charge in [-0.15, -0.1) is 0 Å². The predicted molar refractivity (Wildman–Crippen MR) is 50.1 cm³/mol. The van der Waals surface area contributed by atoms with Crippen molar-refractivity contribution in [2.75, 3.05) is 0 Å². The number of hydrogen-bond donors (Lipinski definition) is 0. The number of fused-ring (bicyclic) bond motifs is 1. The summed E-state index contributed by atoms with van der Waals surface area (Å²) < 4.78 is 1.96. The van der Waals surface area contributed by atoms with Gasteiger partial charge < -0.3 is 0 Å². The average molecular weight is 160 g/mol. The van der Waals surface area contributed by atoms with Crippen LogP contribution in [-0.2, 0) is 6.54 Å². The van der Waals surface area contributed by atoms with Crippen molar-refractivity contribution >= 4 is 10.9 Å². The molecule has 0 N–H and O–H groups in total. The molecule has 0 aliphatic rings. The lowest BCUT2D eigenvalue weighted by molar-refractivity contribution is 0.668. The summed E-state index contributed by atoms with van der Waals surface area (Å²) in [6, 6.07) is 6.32. The van der Waals surface area contributed by atoms with Crippen molar-refractivity contribution < 1.29 is 0 Å². The van der Waals surface area contributed by atoms with Gasteiger partial charge in [0, 0.05) is 18.1 Å². The van der Waals surface area contributed by atoms with E-state index >= 15 is 0 Å². The van der Waals surface area contributed by atoms with E-state index in [2.05, 4.69) is 43.3 Å². The molecule has 0 radical (unpaired) electrons. The van der Waals surface area contributed by atoms with Gasteiger partial charge in [0.15, 0.2) is 0 Å². The highest BCUT2D eigenvalue weighted by Gasteiger charge is 1.97. The fourth-order valence-corrected chi connectivity index (χ4v) is 1.36. The fraction of sp³-hybridized carbons (Fsp3) is 0.300. The Balaban J connectivity index is 2.67. The molecular formula is C10H12N2. The highest BCUT2D eigenvalue weighted by molar-refractivity contribution is 5.78. The summed E-state index contributed by atoms with van der Waals surface area (Å²) in [5, 5.41) is 5.62. The zero-order valence-electron chi connectivity index (χ0n) is 7.41. The Bertz CT molecular complexity index is 401. The normalized spacial score (nSPS) is 10.8. The Labute approximate surface area is 71.8 Å². The lowest BCUT2D eigenvalue weighted by Gasteiger charge is -1.88. The zero-order valence-corrected chi connectivity index (χ0v) is 7.41. The Morgan fingerprint density at radius 3 is 3.00 bits per heavy atom. The van der Waals surface area contributed by atoms with Crippen molar-refractivity contribution in [3.8, 4) is 0 Å². The molecule has 12 heavy (non-hydrogen) atoms. The quantitative estimate of drug-likeness (QED) is 0.626. The number of nitrogens with zero attached hydrogens (tertiary/aromatic N) is 2. The van der Waals surface area contributed by atoms with Gasteiger partial charge in [0.1, 0.15) is 0 Å². The first-order valence-corrected chi connectivity index (χ1v) is 4.23. The van der Waals surface area contributed by atoms with Crippen molar-refractivity contribution in [2.45, 2.75) is 20.4 Å². The van der Waals surface area contributed by atoms with Gasteiger partial charge in [-0.05, 0) is 26.0 Å². The van der Waals surface area contributed by atoms with E-state index in [0.29, 0.717) is 0 Å². The molecule has 0 amide bonds. The highest BCUT2D eigenvalue weighted by atomic mass is 15.3. The fourth-order valence-electron chi connectivity index (χ4n) is 1.36. The minimum atomic E-state index is 0.938. The summed E-state index contributed by atoms with van der Waals surface area (Å²) in [5.41, 5.74) is 2.38. The van der Waals surface area contributed by atoms with Gasteiger partial charge in [-0.25, -0.2) is 0 Å². The second kappa shape index (κ2) is 2.63. The van der Waals surface area contributed by atoms with Crippen molar-refractivity contribution in [3.05, 3.63) is 30.0 Å². The summed E-state index contributed by atoms with van der Waals surface area (Å²) in [7, 11) is 0. The first-order chi connectivity index (χ1) is 5.79. The topological polar surface area (TPSA) is 17.8 Å². The molecule has 0 aliphatic carbocycles. The molecule has 0 spiro atoms. The van der Waals surface area contributed by atoms with Crippen LogP contribution in [0.2, 0.25) is 0 Å². The summed E-state index contributed by atoms with van der Waals surface area (Å²) >= 11 is 0. The van der Waals surface area contributed by atoms with E-state index < -0.39 is 0 Å². The van der Waals surface area contributed by atoms with E-state index in [0.717, 1.165) is 12.1 Å². The SMILES string of the molecule is CCn1cc2cc(C)ccc2n1. The lowest BCUT2D eigenvalue weighted by atomic mass is 10.2. The van der Waals surface area contributed by atoms with Crippen molar-refractivity contribution in [1.29, 1.82) is 0 Å². The molecule has 0 saturated carbocycles. The van der Waals surface area contributed by atoms with Crippen LogP contribution in [0, 0.1) is 6.92 Å². The number of benzene rings is 1. The zero-order chi connectivity index (χ0) is 8.55. The molecule has 2 aromatic rings. The van der Waals surface area contributed by atoms with Crippen LogP contribution in [0.3, 0.4) is 0 Å². The molecule has 0 saturated heterocycles. The van der Waals surface area contributed by atoms with Gasteiger partial charge in [0.25, 0.3) is 0 Å². The summed E-state index contributed by atoms with van der Waals surface area (Å²) in [6.45, 7) is 5.13. The van der Waals surface area contributed by atoms with Gasteiger partial charge in [-0.1, -0.05) is 11.6 Å². The molecule has 0 aliphatic heterocycles. The van der Waals surface area contributed by atoms with E-state index in [1.54, 1.807) is 0 Å². The number of rotatable bonds is 1. The van der Waals surface area contributed by atoms with Crippen LogP contribution in [0.1, 0.15) is 12.5 Å². The number of aromatic nitrogens is 2. The van der Waals surface area contributed by atoms with E-state index in [4.69, 9.17) is 0 Å². The number of aryl methyl sites for hydroxylation is 2. The second-order valence-corrected chi connectivity index (χ2v) is 3.05. The largest absolute Gasteiger partial charge is 0.272 e. The molecule has 0 fully saturated rings. The molecule has 2 rings (SSSR count). The molecule has 2 heteroatoms. The standard InChI is InChI=1S/C10H12N2/c1-3-12-7-9-6-8(2)4-5-10(9)11-12/h4-7H,3H2,1-2H3. The molecule has 1 aromatic carbocycles. The average Bonchev–Trinajstić information content (AvgIpc) is 2.46. The smallest absolute Gasteiger partial charge is 0.0923 e. The first kappa shape index (κ1) is 7.35. The van der Waals surface area contributed by atoms with Crippen LogP contribution < -0.4 is 0 Å². The third kappa shape index (κ3) is 1.09.